The van der Waals surface area contributed by atoms with Crippen LogP contribution in [0.25, 0.3) is 11.1 Å². The second-order valence-electron chi connectivity index (χ2n) is 9.58. The number of nitrogens with one attached hydrogen (secondary N) is 1. The number of benzene rings is 2. The van der Waals surface area contributed by atoms with E-state index >= 15 is 0 Å². The number of hydrogen-bond donors (Lipinski definition) is 1. The van der Waals surface area contributed by atoms with Crippen molar-refractivity contribution < 1.29 is 18.7 Å². The molecule has 2 unspecified atom stereocenters. The van der Waals surface area contributed by atoms with E-state index in [0.29, 0.717) is 25.2 Å². The van der Waals surface area contributed by atoms with Crippen LogP contribution >= 0.6 is 0 Å². The summed E-state index contributed by atoms with van der Waals surface area (Å²) in [5, 5.41) is 2.89. The number of likely N-dealkylation sites (tertiary alicyclic amines) is 1. The van der Waals surface area contributed by atoms with Crippen LogP contribution in [0, 0.1) is 11.7 Å². The van der Waals surface area contributed by atoms with Crippen LogP contribution in [0.4, 0.5) is 9.18 Å². The Balaban J connectivity index is 1.66. The van der Waals surface area contributed by atoms with E-state index in [1.165, 1.54) is 12.1 Å². The molecule has 1 fully saturated rings. The van der Waals surface area contributed by atoms with Gasteiger partial charge in [0, 0.05) is 25.2 Å². The van der Waals surface area contributed by atoms with Crippen molar-refractivity contribution in [2.24, 2.45) is 5.92 Å². The molecule has 164 valence electrons. The van der Waals surface area contributed by atoms with Gasteiger partial charge < -0.3 is 15.0 Å². The quantitative estimate of drug-likeness (QED) is 0.730. The molecule has 5 nitrogen and oxygen atoms in total. The molecule has 2 aliphatic rings. The summed E-state index contributed by atoms with van der Waals surface area (Å²) in [7, 11) is 0. The standard InChI is InChI=1S/C25H29FN2O3/c1-15-14-28(24(30)31-25(2,3)4)10-9-19(15)22-11-17-13-27-23(29)21(17)12-20(22)16-5-7-18(26)8-6-16/h5-8,11-12,15,19H,9-10,13-14H2,1-4H3,(H,27,29). The maximum absolute atomic E-state index is 13.5. The number of carbonyl (C=O) groups excluding carboxylic acids is 2. The van der Waals surface area contributed by atoms with Crippen LogP contribution in [-0.2, 0) is 11.3 Å². The number of amides is 2. The zero-order chi connectivity index (χ0) is 22.3. The van der Waals surface area contributed by atoms with E-state index in [9.17, 15) is 14.0 Å². The topological polar surface area (TPSA) is 58.6 Å². The molecule has 0 aliphatic carbocycles. The van der Waals surface area contributed by atoms with Crippen LogP contribution in [0.5, 0.6) is 0 Å². The lowest BCUT2D eigenvalue weighted by atomic mass is 9.77. The Hall–Kier alpha value is -2.89. The third kappa shape index (κ3) is 4.43. The Kier molecular flexibility index (Phi) is 5.50. The molecule has 0 radical (unpaired) electrons. The van der Waals surface area contributed by atoms with Crippen molar-refractivity contribution in [1.82, 2.24) is 10.2 Å². The Labute approximate surface area is 182 Å². The van der Waals surface area contributed by atoms with Crippen LogP contribution < -0.4 is 5.32 Å². The van der Waals surface area contributed by atoms with Crippen molar-refractivity contribution in [2.75, 3.05) is 13.1 Å². The molecule has 2 aliphatic heterocycles. The fourth-order valence-corrected chi connectivity index (χ4v) is 4.58. The zero-order valence-electron chi connectivity index (χ0n) is 18.5. The first kappa shape index (κ1) is 21.3. The highest BCUT2D eigenvalue weighted by Gasteiger charge is 2.34. The number of carbonyl (C=O) groups is 2. The van der Waals surface area contributed by atoms with E-state index in [4.69, 9.17) is 4.74 Å². The van der Waals surface area contributed by atoms with Gasteiger partial charge in [-0.2, -0.15) is 0 Å². The van der Waals surface area contributed by atoms with Gasteiger partial charge in [0.25, 0.3) is 5.91 Å². The molecule has 1 saturated heterocycles. The SMILES string of the molecule is CC1CN(C(=O)OC(C)(C)C)CCC1c1cc2c(cc1-c1ccc(F)cc1)C(=O)NC2. The molecule has 2 amide bonds. The molecule has 2 heterocycles. The zero-order valence-corrected chi connectivity index (χ0v) is 18.5. The molecule has 0 aromatic heterocycles. The normalized spacial score (nSPS) is 20.9. The van der Waals surface area contributed by atoms with Crippen molar-refractivity contribution in [3.05, 3.63) is 58.9 Å². The van der Waals surface area contributed by atoms with Crippen LogP contribution in [-0.4, -0.2) is 35.6 Å². The second-order valence-corrected chi connectivity index (χ2v) is 9.58. The van der Waals surface area contributed by atoms with Gasteiger partial charge in [-0.05, 0) is 79.5 Å². The predicted octanol–water partition coefficient (Wildman–Crippen LogP) is 5.10. The molecule has 0 saturated carbocycles. The highest BCUT2D eigenvalue weighted by atomic mass is 19.1. The van der Waals surface area contributed by atoms with Crippen molar-refractivity contribution in [3.63, 3.8) is 0 Å². The Morgan fingerprint density at radius 3 is 2.52 bits per heavy atom. The van der Waals surface area contributed by atoms with Crippen LogP contribution in [0.1, 0.15) is 61.5 Å². The number of hydrogen-bond acceptors (Lipinski definition) is 3. The molecule has 6 heteroatoms. The first-order chi connectivity index (χ1) is 14.6. The van der Waals surface area contributed by atoms with Crippen molar-refractivity contribution in [2.45, 2.75) is 52.2 Å². The lowest BCUT2D eigenvalue weighted by Crippen LogP contribution is -2.44. The minimum Gasteiger partial charge on any atom is -0.444 e. The van der Waals surface area contributed by atoms with Gasteiger partial charge in [0.2, 0.25) is 0 Å². The lowest BCUT2D eigenvalue weighted by molar-refractivity contribution is 0.0155. The summed E-state index contributed by atoms with van der Waals surface area (Å²) in [5.74, 6) is 0.0734. The Bertz CT molecular complexity index is 1010. The molecule has 1 N–H and O–H groups in total. The predicted molar refractivity (Wildman–Crippen MR) is 117 cm³/mol. The van der Waals surface area contributed by atoms with E-state index in [-0.39, 0.29) is 29.7 Å². The van der Waals surface area contributed by atoms with Gasteiger partial charge in [-0.1, -0.05) is 25.1 Å². The number of halogens is 1. The summed E-state index contributed by atoms with van der Waals surface area (Å²) < 4.78 is 19.1. The maximum Gasteiger partial charge on any atom is 0.410 e. The maximum atomic E-state index is 13.5. The summed E-state index contributed by atoms with van der Waals surface area (Å²) in [5.41, 5.74) is 4.15. The molecular formula is C25H29FN2O3. The van der Waals surface area contributed by atoms with Crippen LogP contribution in [0.15, 0.2) is 36.4 Å². The van der Waals surface area contributed by atoms with Gasteiger partial charge in [0.1, 0.15) is 11.4 Å². The molecule has 2 aromatic carbocycles. The van der Waals surface area contributed by atoms with Gasteiger partial charge in [0.15, 0.2) is 0 Å². The molecule has 31 heavy (non-hydrogen) atoms. The minimum atomic E-state index is -0.521. The number of fused-ring (bicyclic) bond motifs is 1. The van der Waals surface area contributed by atoms with E-state index < -0.39 is 5.60 Å². The summed E-state index contributed by atoms with van der Waals surface area (Å²) >= 11 is 0. The minimum absolute atomic E-state index is 0.0716. The van der Waals surface area contributed by atoms with Gasteiger partial charge in [-0.25, -0.2) is 9.18 Å². The van der Waals surface area contributed by atoms with Gasteiger partial charge in [-0.15, -0.1) is 0 Å². The summed E-state index contributed by atoms with van der Waals surface area (Å²) in [6.45, 7) is 9.50. The van der Waals surface area contributed by atoms with Crippen LogP contribution in [0.3, 0.4) is 0 Å². The summed E-state index contributed by atoms with van der Waals surface area (Å²) in [6, 6.07) is 10.5. The molecule has 0 spiro atoms. The van der Waals surface area contributed by atoms with Gasteiger partial charge in [0.05, 0.1) is 0 Å². The number of rotatable bonds is 2. The van der Waals surface area contributed by atoms with Crippen molar-refractivity contribution in [1.29, 1.82) is 0 Å². The molecular weight excluding hydrogens is 395 g/mol. The van der Waals surface area contributed by atoms with Gasteiger partial charge >= 0.3 is 6.09 Å². The molecule has 4 rings (SSSR count). The number of nitrogens with zero attached hydrogens (tertiary/aromatic N) is 1. The lowest BCUT2D eigenvalue weighted by Gasteiger charge is -2.38. The van der Waals surface area contributed by atoms with E-state index in [0.717, 1.165) is 28.7 Å². The Morgan fingerprint density at radius 1 is 1.16 bits per heavy atom. The first-order valence-electron chi connectivity index (χ1n) is 10.8. The van der Waals surface area contributed by atoms with E-state index in [1.807, 2.05) is 26.8 Å². The largest absolute Gasteiger partial charge is 0.444 e. The average molecular weight is 425 g/mol. The van der Waals surface area contributed by atoms with Crippen molar-refractivity contribution in [3.8, 4) is 11.1 Å². The molecule has 2 aromatic rings. The average Bonchev–Trinajstić information content (AvgIpc) is 3.06. The van der Waals surface area contributed by atoms with Gasteiger partial charge in [-0.3, -0.25) is 4.79 Å². The smallest absolute Gasteiger partial charge is 0.410 e. The monoisotopic (exact) mass is 424 g/mol. The Morgan fingerprint density at radius 2 is 1.87 bits per heavy atom. The summed E-state index contributed by atoms with van der Waals surface area (Å²) in [4.78, 5) is 26.6. The summed E-state index contributed by atoms with van der Waals surface area (Å²) in [6.07, 6.45) is 0.523. The van der Waals surface area contributed by atoms with Crippen molar-refractivity contribution >= 4 is 12.0 Å². The molecule has 2 atom stereocenters. The van der Waals surface area contributed by atoms with E-state index in [1.54, 1.807) is 17.0 Å². The highest BCUT2D eigenvalue weighted by Crippen LogP contribution is 2.41. The fourth-order valence-electron chi connectivity index (χ4n) is 4.58. The fraction of sp³-hybridized carbons (Fsp3) is 0.440. The number of ether oxygens (including phenoxy) is 1. The van der Waals surface area contributed by atoms with Crippen LogP contribution in [0.2, 0.25) is 0 Å². The first-order valence-corrected chi connectivity index (χ1v) is 10.8. The number of piperidine rings is 1. The third-order valence-electron chi connectivity index (χ3n) is 6.07. The second kappa shape index (κ2) is 7.98. The van der Waals surface area contributed by atoms with E-state index in [2.05, 4.69) is 18.3 Å². The highest BCUT2D eigenvalue weighted by molar-refractivity contribution is 6.00. The third-order valence-corrected chi connectivity index (χ3v) is 6.07. The molecule has 0 bridgehead atoms.